The summed E-state index contributed by atoms with van der Waals surface area (Å²) in [5.41, 5.74) is 4.43. The molecule has 2 aromatic carbocycles. The van der Waals surface area contributed by atoms with E-state index >= 15 is 0 Å². The minimum Gasteiger partial charge on any atom is -0.350 e. The maximum atomic E-state index is 12.5. The number of amides is 1. The largest absolute Gasteiger partial charge is 0.350 e. The van der Waals surface area contributed by atoms with Gasteiger partial charge in [-0.05, 0) is 36.5 Å². The number of nitrogens with one attached hydrogen (secondary N) is 1. The molecule has 0 saturated heterocycles. The Hall–Kier alpha value is -2.34. The summed E-state index contributed by atoms with van der Waals surface area (Å²) >= 11 is 0. The first-order chi connectivity index (χ1) is 12.6. The van der Waals surface area contributed by atoms with Crippen LogP contribution >= 0.6 is 0 Å². The first kappa shape index (κ1) is 21.0. The zero-order valence-corrected chi connectivity index (χ0v) is 17.4. The second-order valence-corrected chi connectivity index (χ2v) is 9.11. The van der Waals surface area contributed by atoms with Crippen LogP contribution in [0.3, 0.4) is 0 Å². The van der Waals surface area contributed by atoms with E-state index in [1.807, 2.05) is 70.2 Å². The number of sulfonamides is 1. The maximum absolute atomic E-state index is 12.5. The van der Waals surface area contributed by atoms with Crippen molar-refractivity contribution in [3.63, 3.8) is 0 Å². The Balaban J connectivity index is 2.25. The van der Waals surface area contributed by atoms with Crippen LogP contribution in [0.25, 0.3) is 0 Å². The summed E-state index contributed by atoms with van der Waals surface area (Å²) in [5, 5.41) is 2.82. The van der Waals surface area contributed by atoms with Crippen molar-refractivity contribution in [2.75, 3.05) is 17.1 Å². The number of hydrogen-bond acceptors (Lipinski definition) is 3. The highest BCUT2D eigenvalue weighted by Gasteiger charge is 2.25. The van der Waals surface area contributed by atoms with Crippen LogP contribution in [0.1, 0.15) is 42.0 Å². The van der Waals surface area contributed by atoms with Crippen LogP contribution in [0.15, 0.2) is 42.5 Å². The number of hydrogen-bond donors (Lipinski definition) is 1. The molecule has 0 unspecified atom stereocenters. The standard InChI is InChI=1S/C21H28N2O3S/c1-15(2)19-11-7-9-17(4)21(19)23(27(5,25)26)14-20(24)22-13-18-10-6-8-16(3)12-18/h6-12,15H,13-14H2,1-5H3,(H,22,24). The predicted octanol–water partition coefficient (Wildman–Crippen LogP) is 3.51. The van der Waals surface area contributed by atoms with Crippen molar-refractivity contribution >= 4 is 21.6 Å². The molecule has 1 amide bonds. The molecule has 0 saturated carbocycles. The molecule has 0 bridgehead atoms. The van der Waals surface area contributed by atoms with Crippen LogP contribution in [-0.2, 0) is 21.4 Å². The van der Waals surface area contributed by atoms with Crippen LogP contribution in [-0.4, -0.2) is 27.1 Å². The monoisotopic (exact) mass is 388 g/mol. The van der Waals surface area contributed by atoms with Crippen LogP contribution in [0.4, 0.5) is 5.69 Å². The zero-order valence-electron chi connectivity index (χ0n) is 16.6. The first-order valence-corrected chi connectivity index (χ1v) is 10.8. The Kier molecular flexibility index (Phi) is 6.65. The molecule has 5 nitrogen and oxygen atoms in total. The smallest absolute Gasteiger partial charge is 0.241 e. The zero-order chi connectivity index (χ0) is 20.2. The molecule has 0 spiro atoms. The van der Waals surface area contributed by atoms with Gasteiger partial charge in [-0.15, -0.1) is 0 Å². The molecule has 1 N–H and O–H groups in total. The SMILES string of the molecule is Cc1cccc(CNC(=O)CN(c2c(C)cccc2C(C)C)S(C)(=O)=O)c1. The molecule has 6 heteroatoms. The molecule has 27 heavy (non-hydrogen) atoms. The van der Waals surface area contributed by atoms with E-state index in [4.69, 9.17) is 0 Å². The second-order valence-electron chi connectivity index (χ2n) is 7.20. The number of anilines is 1. The van der Waals surface area contributed by atoms with Crippen LogP contribution < -0.4 is 9.62 Å². The highest BCUT2D eigenvalue weighted by atomic mass is 32.2. The Morgan fingerprint density at radius 2 is 1.78 bits per heavy atom. The van der Waals surface area contributed by atoms with Crippen LogP contribution in [0, 0.1) is 13.8 Å². The van der Waals surface area contributed by atoms with Crippen molar-refractivity contribution in [2.45, 2.75) is 40.2 Å². The molecule has 0 aromatic heterocycles. The van der Waals surface area contributed by atoms with Gasteiger partial charge in [0.25, 0.3) is 0 Å². The van der Waals surface area contributed by atoms with Gasteiger partial charge in [-0.3, -0.25) is 9.10 Å². The fourth-order valence-electron chi connectivity index (χ4n) is 3.06. The molecule has 2 rings (SSSR count). The predicted molar refractivity (Wildman–Crippen MR) is 110 cm³/mol. The van der Waals surface area contributed by atoms with Gasteiger partial charge in [0.2, 0.25) is 15.9 Å². The Morgan fingerprint density at radius 3 is 2.37 bits per heavy atom. The molecule has 0 fully saturated rings. The summed E-state index contributed by atoms with van der Waals surface area (Å²) < 4.78 is 26.1. The molecule has 0 aliphatic carbocycles. The minimum atomic E-state index is -3.61. The first-order valence-electron chi connectivity index (χ1n) is 8.99. The lowest BCUT2D eigenvalue weighted by Gasteiger charge is -2.27. The summed E-state index contributed by atoms with van der Waals surface area (Å²) in [6.45, 7) is 8.00. The molecule has 146 valence electrons. The third-order valence-electron chi connectivity index (χ3n) is 4.40. The third-order valence-corrected chi connectivity index (χ3v) is 5.51. The van der Waals surface area contributed by atoms with Gasteiger partial charge in [-0.25, -0.2) is 8.42 Å². The van der Waals surface area contributed by atoms with Crippen molar-refractivity contribution in [2.24, 2.45) is 0 Å². The van der Waals surface area contributed by atoms with Gasteiger partial charge < -0.3 is 5.32 Å². The molecule has 0 heterocycles. The maximum Gasteiger partial charge on any atom is 0.241 e. The average molecular weight is 389 g/mol. The molecule has 0 aliphatic heterocycles. The lowest BCUT2D eigenvalue weighted by atomic mass is 9.98. The van der Waals surface area contributed by atoms with Crippen LogP contribution in [0.2, 0.25) is 0 Å². The van der Waals surface area contributed by atoms with Gasteiger partial charge in [0.05, 0.1) is 11.9 Å². The lowest BCUT2D eigenvalue weighted by Crippen LogP contribution is -2.41. The lowest BCUT2D eigenvalue weighted by molar-refractivity contribution is -0.119. The highest BCUT2D eigenvalue weighted by Crippen LogP contribution is 2.32. The summed E-state index contributed by atoms with van der Waals surface area (Å²) in [6, 6.07) is 13.5. The molecule has 0 radical (unpaired) electrons. The van der Waals surface area contributed by atoms with Gasteiger partial charge in [0.15, 0.2) is 0 Å². The second kappa shape index (κ2) is 8.57. The molecule has 0 atom stereocenters. The van der Waals surface area contributed by atoms with E-state index in [1.165, 1.54) is 4.31 Å². The third kappa shape index (κ3) is 5.57. The van der Waals surface area contributed by atoms with E-state index in [-0.39, 0.29) is 18.4 Å². The summed E-state index contributed by atoms with van der Waals surface area (Å²) in [5.74, 6) is -0.195. The van der Waals surface area contributed by atoms with E-state index in [1.54, 1.807) is 0 Å². The summed E-state index contributed by atoms with van der Waals surface area (Å²) in [6.07, 6.45) is 1.14. The van der Waals surface area contributed by atoms with E-state index in [0.29, 0.717) is 12.2 Å². The molecule has 2 aromatic rings. The summed E-state index contributed by atoms with van der Waals surface area (Å²) in [7, 11) is -3.61. The average Bonchev–Trinajstić information content (AvgIpc) is 2.57. The Labute approximate surface area is 162 Å². The normalized spacial score (nSPS) is 11.5. The van der Waals surface area contributed by atoms with Crippen LogP contribution in [0.5, 0.6) is 0 Å². The number of carbonyl (C=O) groups excluding carboxylic acids is 1. The molecule has 0 aliphatic rings. The number of carbonyl (C=O) groups is 1. The van der Waals surface area contributed by atoms with E-state index in [9.17, 15) is 13.2 Å². The Bertz CT molecular complexity index is 921. The fourth-order valence-corrected chi connectivity index (χ4v) is 3.99. The number of para-hydroxylation sites is 1. The highest BCUT2D eigenvalue weighted by molar-refractivity contribution is 7.92. The van der Waals surface area contributed by atoms with Crippen molar-refractivity contribution in [3.8, 4) is 0 Å². The van der Waals surface area contributed by atoms with Gasteiger partial charge in [-0.2, -0.15) is 0 Å². The van der Waals surface area contributed by atoms with Crippen molar-refractivity contribution < 1.29 is 13.2 Å². The van der Waals surface area contributed by atoms with Crippen molar-refractivity contribution in [1.29, 1.82) is 0 Å². The van der Waals surface area contributed by atoms with Gasteiger partial charge in [0.1, 0.15) is 6.54 Å². The minimum absolute atomic E-state index is 0.138. The Morgan fingerprint density at radius 1 is 1.11 bits per heavy atom. The van der Waals surface area contributed by atoms with Crippen molar-refractivity contribution in [1.82, 2.24) is 5.32 Å². The van der Waals surface area contributed by atoms with Gasteiger partial charge in [0, 0.05) is 6.54 Å². The molecular formula is C21H28N2O3S. The fraction of sp³-hybridized carbons (Fsp3) is 0.381. The van der Waals surface area contributed by atoms with E-state index < -0.39 is 10.0 Å². The number of nitrogens with zero attached hydrogens (tertiary/aromatic N) is 1. The number of rotatable bonds is 7. The topological polar surface area (TPSA) is 66.5 Å². The van der Waals surface area contributed by atoms with Crippen molar-refractivity contribution in [3.05, 3.63) is 64.7 Å². The number of aryl methyl sites for hydroxylation is 2. The number of benzene rings is 2. The van der Waals surface area contributed by atoms with Gasteiger partial charge in [-0.1, -0.05) is 61.9 Å². The summed E-state index contributed by atoms with van der Waals surface area (Å²) in [4.78, 5) is 12.5. The van der Waals surface area contributed by atoms with E-state index in [2.05, 4.69) is 5.32 Å². The quantitative estimate of drug-likeness (QED) is 0.789. The molecular weight excluding hydrogens is 360 g/mol. The van der Waals surface area contributed by atoms with E-state index in [0.717, 1.165) is 28.5 Å². The van der Waals surface area contributed by atoms with Gasteiger partial charge >= 0.3 is 0 Å².